The summed E-state index contributed by atoms with van der Waals surface area (Å²) in [4.78, 5) is 4.89. The van der Waals surface area contributed by atoms with E-state index < -0.39 is 0 Å². The van der Waals surface area contributed by atoms with Crippen molar-refractivity contribution in [3.63, 3.8) is 0 Å². The first-order valence-corrected chi connectivity index (χ1v) is 10.1. The summed E-state index contributed by atoms with van der Waals surface area (Å²) in [5.74, 6) is 1.39. The van der Waals surface area contributed by atoms with Crippen molar-refractivity contribution in [3.05, 3.63) is 28.6 Å². The van der Waals surface area contributed by atoms with E-state index in [1.54, 1.807) is 39.5 Å². The third kappa shape index (κ3) is 12.2. The standard InChI is InChI=1S/C20H34N4O7/c1-25-10-7-24(8-11-26-2)9-12-28-13-14-29-15-16-30-20-18(27-3)5-4-6-19(20)31-17-22-23-21/h4-6H,7-17H2,1-3H3. The average molecular weight is 443 g/mol. The molecular formula is C20H34N4O7. The molecule has 1 aromatic carbocycles. The molecule has 1 rings (SSSR count). The van der Waals surface area contributed by atoms with E-state index in [9.17, 15) is 0 Å². The van der Waals surface area contributed by atoms with Gasteiger partial charge >= 0.3 is 0 Å². The highest BCUT2D eigenvalue weighted by atomic mass is 16.6. The van der Waals surface area contributed by atoms with Crippen LogP contribution in [-0.2, 0) is 18.9 Å². The van der Waals surface area contributed by atoms with Crippen molar-refractivity contribution in [1.29, 1.82) is 0 Å². The van der Waals surface area contributed by atoms with Crippen LogP contribution in [-0.4, -0.2) is 98.8 Å². The van der Waals surface area contributed by atoms with Crippen molar-refractivity contribution < 1.29 is 33.2 Å². The zero-order valence-corrected chi connectivity index (χ0v) is 18.7. The second-order valence-corrected chi connectivity index (χ2v) is 6.19. The Morgan fingerprint density at radius 3 is 2.06 bits per heavy atom. The molecule has 0 atom stereocenters. The number of hydrogen-bond acceptors (Lipinski definition) is 9. The van der Waals surface area contributed by atoms with Gasteiger partial charge in [-0.3, -0.25) is 4.90 Å². The first-order chi connectivity index (χ1) is 15.3. The summed E-state index contributed by atoms with van der Waals surface area (Å²) in [6.45, 7) is 5.97. The van der Waals surface area contributed by atoms with Crippen LogP contribution in [0.3, 0.4) is 0 Å². The van der Waals surface area contributed by atoms with Crippen LogP contribution >= 0.6 is 0 Å². The Morgan fingerprint density at radius 2 is 1.42 bits per heavy atom. The molecule has 0 unspecified atom stereocenters. The summed E-state index contributed by atoms with van der Waals surface area (Å²) in [5.41, 5.74) is 8.37. The Morgan fingerprint density at radius 1 is 0.806 bits per heavy atom. The van der Waals surface area contributed by atoms with Crippen LogP contribution in [0.4, 0.5) is 0 Å². The molecule has 0 aromatic heterocycles. The van der Waals surface area contributed by atoms with Crippen LogP contribution in [0.2, 0.25) is 0 Å². The molecule has 0 fully saturated rings. The lowest BCUT2D eigenvalue weighted by Gasteiger charge is -2.21. The van der Waals surface area contributed by atoms with E-state index in [-0.39, 0.29) is 6.73 Å². The molecular weight excluding hydrogens is 408 g/mol. The lowest BCUT2D eigenvalue weighted by molar-refractivity contribution is 0.0239. The van der Waals surface area contributed by atoms with Gasteiger partial charge in [-0.05, 0) is 17.7 Å². The molecule has 0 radical (unpaired) electrons. The molecule has 0 saturated carbocycles. The van der Waals surface area contributed by atoms with Crippen LogP contribution in [0.15, 0.2) is 23.3 Å². The van der Waals surface area contributed by atoms with Gasteiger partial charge in [0.25, 0.3) is 0 Å². The number of nitrogens with zero attached hydrogens (tertiary/aromatic N) is 4. The van der Waals surface area contributed by atoms with Gasteiger partial charge in [-0.1, -0.05) is 11.2 Å². The minimum atomic E-state index is -0.137. The second kappa shape index (κ2) is 18.5. The van der Waals surface area contributed by atoms with Gasteiger partial charge in [0.2, 0.25) is 5.75 Å². The number of ether oxygens (including phenoxy) is 7. The van der Waals surface area contributed by atoms with E-state index in [1.165, 1.54) is 0 Å². The molecule has 0 heterocycles. The molecule has 11 nitrogen and oxygen atoms in total. The molecule has 31 heavy (non-hydrogen) atoms. The SMILES string of the molecule is COCCN(CCOC)CCOCCOCCOc1c(OC)cccc1OCN=[N+]=[N-]. The van der Waals surface area contributed by atoms with Crippen molar-refractivity contribution in [2.24, 2.45) is 5.11 Å². The Labute approximate surface area is 183 Å². The van der Waals surface area contributed by atoms with E-state index in [0.29, 0.717) is 63.5 Å². The molecule has 0 saturated heterocycles. The zero-order valence-electron chi connectivity index (χ0n) is 18.7. The highest BCUT2D eigenvalue weighted by Gasteiger charge is 2.12. The van der Waals surface area contributed by atoms with Crippen molar-refractivity contribution in [1.82, 2.24) is 4.90 Å². The Balaban J connectivity index is 2.22. The lowest BCUT2D eigenvalue weighted by atomic mass is 10.3. The third-order valence-electron chi connectivity index (χ3n) is 4.12. The van der Waals surface area contributed by atoms with Crippen molar-refractivity contribution in [2.45, 2.75) is 0 Å². The number of azide groups is 1. The molecule has 176 valence electrons. The summed E-state index contributed by atoms with van der Waals surface area (Å²) in [6, 6.07) is 5.23. The summed E-state index contributed by atoms with van der Waals surface area (Å²) in [7, 11) is 4.92. The maximum absolute atomic E-state index is 8.37. The van der Waals surface area contributed by atoms with Gasteiger partial charge in [0.15, 0.2) is 18.2 Å². The minimum absolute atomic E-state index is 0.137. The molecule has 11 heteroatoms. The molecule has 0 spiro atoms. The number of rotatable bonds is 20. The molecule has 0 amide bonds. The Bertz CT molecular complexity index is 622. The first kappa shape index (κ1) is 26.8. The van der Waals surface area contributed by atoms with E-state index in [2.05, 4.69) is 14.9 Å². The fraction of sp³-hybridized carbons (Fsp3) is 0.700. The summed E-state index contributed by atoms with van der Waals surface area (Å²) < 4.78 is 37.9. The number of benzene rings is 1. The zero-order chi connectivity index (χ0) is 22.6. The predicted octanol–water partition coefficient (Wildman–Crippen LogP) is 2.35. The Hall–Kier alpha value is -2.27. The predicted molar refractivity (Wildman–Crippen MR) is 115 cm³/mol. The van der Waals surface area contributed by atoms with Crippen LogP contribution in [0.25, 0.3) is 10.4 Å². The van der Waals surface area contributed by atoms with Gasteiger partial charge in [0, 0.05) is 38.8 Å². The maximum Gasteiger partial charge on any atom is 0.203 e. The third-order valence-corrected chi connectivity index (χ3v) is 4.12. The largest absolute Gasteiger partial charge is 0.493 e. The van der Waals surface area contributed by atoms with Gasteiger partial charge in [0.1, 0.15) is 6.61 Å². The summed E-state index contributed by atoms with van der Waals surface area (Å²) >= 11 is 0. The number of para-hydroxylation sites is 1. The molecule has 0 bridgehead atoms. The van der Waals surface area contributed by atoms with Gasteiger partial charge in [-0.25, -0.2) is 0 Å². The number of methoxy groups -OCH3 is 3. The van der Waals surface area contributed by atoms with Crippen molar-refractivity contribution >= 4 is 0 Å². The summed E-state index contributed by atoms with van der Waals surface area (Å²) in [6.07, 6.45) is 0. The molecule has 0 N–H and O–H groups in total. The molecule has 0 aliphatic carbocycles. The lowest BCUT2D eigenvalue weighted by Crippen LogP contribution is -2.33. The van der Waals surface area contributed by atoms with E-state index >= 15 is 0 Å². The van der Waals surface area contributed by atoms with Crippen LogP contribution in [0, 0.1) is 0 Å². The normalized spacial score (nSPS) is 10.7. The van der Waals surface area contributed by atoms with Gasteiger partial charge in [-0.15, -0.1) is 0 Å². The highest BCUT2D eigenvalue weighted by molar-refractivity contribution is 5.51. The topological polar surface area (TPSA) is 117 Å². The monoisotopic (exact) mass is 442 g/mol. The average Bonchev–Trinajstić information content (AvgIpc) is 2.79. The maximum atomic E-state index is 8.37. The van der Waals surface area contributed by atoms with E-state index in [1.807, 2.05) is 0 Å². The molecule has 0 aliphatic heterocycles. The van der Waals surface area contributed by atoms with Gasteiger partial charge < -0.3 is 33.2 Å². The van der Waals surface area contributed by atoms with Crippen LogP contribution < -0.4 is 14.2 Å². The number of hydrogen-bond donors (Lipinski definition) is 0. The molecule has 0 aliphatic rings. The quantitative estimate of drug-likeness (QED) is 0.131. The second-order valence-electron chi connectivity index (χ2n) is 6.19. The fourth-order valence-corrected chi connectivity index (χ4v) is 2.53. The highest BCUT2D eigenvalue weighted by Crippen LogP contribution is 2.36. The van der Waals surface area contributed by atoms with Crippen molar-refractivity contribution in [3.8, 4) is 17.2 Å². The van der Waals surface area contributed by atoms with Crippen LogP contribution in [0.1, 0.15) is 0 Å². The first-order valence-electron chi connectivity index (χ1n) is 10.1. The van der Waals surface area contributed by atoms with E-state index in [0.717, 1.165) is 19.6 Å². The molecule has 1 aromatic rings. The fourth-order valence-electron chi connectivity index (χ4n) is 2.53. The van der Waals surface area contributed by atoms with Crippen molar-refractivity contribution in [2.75, 3.05) is 93.9 Å². The van der Waals surface area contributed by atoms with Crippen LogP contribution in [0.5, 0.6) is 17.2 Å². The minimum Gasteiger partial charge on any atom is -0.493 e. The Kier molecular flexibility index (Phi) is 16.0. The van der Waals surface area contributed by atoms with E-state index in [4.69, 9.17) is 38.7 Å². The summed E-state index contributed by atoms with van der Waals surface area (Å²) in [5, 5.41) is 3.36. The smallest absolute Gasteiger partial charge is 0.203 e. The van der Waals surface area contributed by atoms with Gasteiger partial charge in [-0.2, -0.15) is 0 Å². The van der Waals surface area contributed by atoms with Gasteiger partial charge in [0.05, 0.1) is 46.8 Å².